The van der Waals surface area contributed by atoms with E-state index in [0.717, 1.165) is 0 Å². The van der Waals surface area contributed by atoms with Crippen LogP contribution >= 0.6 is 0 Å². The Morgan fingerprint density at radius 3 is 2.81 bits per heavy atom. The molecule has 0 spiro atoms. The number of ether oxygens (including phenoxy) is 2. The third kappa shape index (κ3) is 3.17. The fourth-order valence-corrected chi connectivity index (χ4v) is 5.44. The van der Waals surface area contributed by atoms with Crippen molar-refractivity contribution in [3.63, 3.8) is 0 Å². The molecule has 2 aromatic heterocycles. The third-order valence-corrected chi connectivity index (χ3v) is 7.14. The number of aromatic nitrogens is 4. The Hall–Kier alpha value is -1.75. The van der Waals surface area contributed by atoms with Crippen molar-refractivity contribution in [2.75, 3.05) is 12.3 Å². The highest BCUT2D eigenvalue weighted by atomic mass is 28.3. The molecule has 1 fully saturated rings. The van der Waals surface area contributed by atoms with Crippen LogP contribution in [-0.2, 0) is 14.8 Å². The molecule has 3 heterocycles. The summed E-state index contributed by atoms with van der Waals surface area (Å²) in [7, 11) is -1.53. The fourth-order valence-electron chi connectivity index (χ4n) is 3.54. The number of aliphatic hydroxyl groups excluding tert-OH is 1. The Labute approximate surface area is 153 Å². The maximum absolute atomic E-state index is 12.1. The first-order valence-electron chi connectivity index (χ1n) is 8.77. The van der Waals surface area contributed by atoms with Crippen molar-refractivity contribution in [1.29, 1.82) is 0 Å². The van der Waals surface area contributed by atoms with Crippen LogP contribution in [0.2, 0.25) is 13.1 Å². The van der Waals surface area contributed by atoms with Crippen molar-refractivity contribution >= 4 is 25.9 Å². The minimum absolute atomic E-state index is 0.0315. The quantitative estimate of drug-likeness (QED) is 0.652. The van der Waals surface area contributed by atoms with Gasteiger partial charge >= 0.3 is 0 Å². The normalized spacial score (nSPS) is 26.9. The third-order valence-electron chi connectivity index (χ3n) is 4.68. The zero-order chi connectivity index (χ0) is 19.3. The van der Waals surface area contributed by atoms with Crippen LogP contribution in [0.3, 0.4) is 0 Å². The lowest BCUT2D eigenvalue weighted by Gasteiger charge is -2.34. The van der Waals surface area contributed by atoms with Gasteiger partial charge in [0.25, 0.3) is 5.56 Å². The van der Waals surface area contributed by atoms with Gasteiger partial charge in [-0.2, -0.15) is 4.98 Å². The number of fused-ring (bicyclic) bond motifs is 1. The number of anilines is 1. The monoisotopic (exact) mass is 381 g/mol. The SMILES string of the molecule is C[SiH](C)[C@]1(n2cnc3c(=O)[nH]c(N)nc32)C[C@H](OC(C)(C)C)[C@@H](CO)O1. The van der Waals surface area contributed by atoms with Crippen molar-refractivity contribution in [2.45, 2.75) is 63.4 Å². The van der Waals surface area contributed by atoms with Crippen LogP contribution in [0.4, 0.5) is 5.95 Å². The summed E-state index contributed by atoms with van der Waals surface area (Å²) in [5.41, 5.74) is 5.59. The van der Waals surface area contributed by atoms with E-state index in [-0.39, 0.29) is 35.3 Å². The lowest BCUT2D eigenvalue weighted by molar-refractivity contribution is -0.112. The van der Waals surface area contributed by atoms with E-state index < -0.39 is 20.2 Å². The molecule has 26 heavy (non-hydrogen) atoms. The second-order valence-corrected chi connectivity index (χ2v) is 11.3. The van der Waals surface area contributed by atoms with Gasteiger partial charge in [-0.25, -0.2) is 4.98 Å². The number of hydrogen-bond acceptors (Lipinski definition) is 7. The summed E-state index contributed by atoms with van der Waals surface area (Å²) in [6, 6.07) is 0. The van der Waals surface area contributed by atoms with Crippen LogP contribution in [0.15, 0.2) is 11.1 Å². The van der Waals surface area contributed by atoms with Gasteiger partial charge in [-0.15, -0.1) is 0 Å². The van der Waals surface area contributed by atoms with Crippen LogP contribution in [0, 0.1) is 0 Å². The van der Waals surface area contributed by atoms with E-state index in [0.29, 0.717) is 12.1 Å². The molecular formula is C16H27N5O4Si. The molecule has 1 aliphatic rings. The molecule has 3 atom stereocenters. The minimum atomic E-state index is -1.53. The van der Waals surface area contributed by atoms with Crippen molar-refractivity contribution in [3.05, 3.63) is 16.7 Å². The second-order valence-electron chi connectivity index (χ2n) is 8.05. The van der Waals surface area contributed by atoms with Gasteiger partial charge in [0.2, 0.25) is 5.95 Å². The number of rotatable bonds is 4. The molecule has 0 bridgehead atoms. The predicted molar refractivity (Wildman–Crippen MR) is 101 cm³/mol. The molecule has 3 rings (SSSR count). The Balaban J connectivity index is 2.12. The van der Waals surface area contributed by atoms with Gasteiger partial charge in [-0.05, 0) is 20.8 Å². The van der Waals surface area contributed by atoms with Crippen molar-refractivity contribution in [3.8, 4) is 0 Å². The molecule has 9 nitrogen and oxygen atoms in total. The van der Waals surface area contributed by atoms with Gasteiger partial charge < -0.3 is 20.3 Å². The lowest BCUT2D eigenvalue weighted by atomic mass is 10.1. The molecule has 10 heteroatoms. The highest BCUT2D eigenvalue weighted by Crippen LogP contribution is 2.41. The Morgan fingerprint density at radius 1 is 1.54 bits per heavy atom. The minimum Gasteiger partial charge on any atom is -0.394 e. The first-order chi connectivity index (χ1) is 12.1. The number of hydrogen-bond donors (Lipinski definition) is 3. The summed E-state index contributed by atoms with van der Waals surface area (Å²) in [6.45, 7) is 10.1. The van der Waals surface area contributed by atoms with Crippen molar-refractivity contribution in [1.82, 2.24) is 19.5 Å². The van der Waals surface area contributed by atoms with Crippen LogP contribution in [-0.4, -0.2) is 57.8 Å². The molecule has 0 amide bonds. The number of nitrogens with zero attached hydrogens (tertiary/aromatic N) is 3. The summed E-state index contributed by atoms with van der Waals surface area (Å²) < 4.78 is 14.3. The summed E-state index contributed by atoms with van der Waals surface area (Å²) in [5, 5.41) is 9.12. The average molecular weight is 382 g/mol. The zero-order valence-corrected chi connectivity index (χ0v) is 17.0. The van der Waals surface area contributed by atoms with Crippen molar-refractivity contribution < 1.29 is 14.6 Å². The molecule has 1 aliphatic heterocycles. The van der Waals surface area contributed by atoms with E-state index in [2.05, 4.69) is 28.0 Å². The second kappa shape index (κ2) is 6.45. The van der Waals surface area contributed by atoms with E-state index in [1.54, 1.807) is 10.9 Å². The lowest BCUT2D eigenvalue weighted by Crippen LogP contribution is -2.45. The van der Waals surface area contributed by atoms with Crippen LogP contribution in [0.25, 0.3) is 11.2 Å². The fraction of sp³-hybridized carbons (Fsp3) is 0.688. The molecule has 0 unspecified atom stereocenters. The first-order valence-corrected chi connectivity index (χ1v) is 11.7. The Morgan fingerprint density at radius 2 is 2.23 bits per heavy atom. The predicted octanol–water partition coefficient (Wildman–Crippen LogP) is 0.345. The van der Waals surface area contributed by atoms with E-state index in [9.17, 15) is 9.90 Å². The van der Waals surface area contributed by atoms with E-state index in [1.165, 1.54) is 0 Å². The van der Waals surface area contributed by atoms with Crippen LogP contribution < -0.4 is 11.3 Å². The average Bonchev–Trinajstić information content (AvgIpc) is 3.07. The number of aliphatic hydroxyl groups is 1. The van der Waals surface area contributed by atoms with Gasteiger partial charge in [0, 0.05) is 6.42 Å². The van der Waals surface area contributed by atoms with Gasteiger partial charge in [0.05, 0.1) is 33.4 Å². The highest BCUT2D eigenvalue weighted by Gasteiger charge is 2.52. The molecule has 0 aliphatic carbocycles. The number of nitrogens with two attached hydrogens (primary N) is 1. The molecule has 0 aromatic carbocycles. The molecule has 4 N–H and O–H groups in total. The standard InChI is InChI=1S/C16H27N5O4Si/c1-15(2,3)24-9-6-16(26(4)5,25-10(9)7-22)21-8-18-11-12(21)19-14(17)20-13(11)23/h8-10,22,26H,6-7H2,1-5H3,(H3,17,19,20,23)/t9-,10+,16-/m0/s1. The first kappa shape index (κ1) is 19.0. The number of H-pyrrole nitrogens is 1. The van der Waals surface area contributed by atoms with E-state index >= 15 is 0 Å². The zero-order valence-electron chi connectivity index (χ0n) is 15.8. The van der Waals surface area contributed by atoms with E-state index in [4.69, 9.17) is 15.2 Å². The smallest absolute Gasteiger partial charge is 0.280 e. The summed E-state index contributed by atoms with van der Waals surface area (Å²) in [5.74, 6) is 0.0315. The van der Waals surface area contributed by atoms with Crippen molar-refractivity contribution in [2.24, 2.45) is 0 Å². The van der Waals surface area contributed by atoms with Crippen LogP contribution in [0.5, 0.6) is 0 Å². The maximum Gasteiger partial charge on any atom is 0.280 e. The largest absolute Gasteiger partial charge is 0.394 e. The molecule has 0 saturated carbocycles. The summed E-state index contributed by atoms with van der Waals surface area (Å²) in [4.78, 5) is 23.1. The number of nitrogens with one attached hydrogen (secondary N) is 1. The van der Waals surface area contributed by atoms with Gasteiger partial charge in [0.1, 0.15) is 11.5 Å². The number of aromatic amines is 1. The maximum atomic E-state index is 12.1. The molecule has 144 valence electrons. The molecule has 2 aromatic rings. The molecular weight excluding hydrogens is 354 g/mol. The molecule has 1 saturated heterocycles. The summed E-state index contributed by atoms with van der Waals surface area (Å²) in [6.07, 6.45) is 1.40. The number of imidazole rings is 1. The highest BCUT2D eigenvalue weighted by molar-refractivity contribution is 6.58. The number of nitrogen functional groups attached to an aromatic ring is 1. The summed E-state index contributed by atoms with van der Waals surface area (Å²) >= 11 is 0. The van der Waals surface area contributed by atoms with E-state index in [1.807, 2.05) is 20.8 Å². The topological polar surface area (TPSA) is 128 Å². The van der Waals surface area contributed by atoms with Crippen LogP contribution in [0.1, 0.15) is 27.2 Å². The van der Waals surface area contributed by atoms with Gasteiger partial charge in [0.15, 0.2) is 11.2 Å². The Kier molecular flexibility index (Phi) is 4.72. The van der Waals surface area contributed by atoms with Gasteiger partial charge in [-0.1, -0.05) is 13.1 Å². The Bertz CT molecular complexity index is 858. The van der Waals surface area contributed by atoms with Gasteiger partial charge in [-0.3, -0.25) is 14.3 Å². The molecule has 0 radical (unpaired) electrons.